The molecular weight excluding hydrogens is 294 g/mol. The third-order valence-electron chi connectivity index (χ3n) is 3.23. The van der Waals surface area contributed by atoms with Crippen LogP contribution in [0.3, 0.4) is 0 Å². The fourth-order valence-corrected chi connectivity index (χ4v) is 2.06. The molecule has 2 rings (SSSR count). The minimum Gasteiger partial charge on any atom is -0.493 e. The first-order valence-corrected chi connectivity index (χ1v) is 7.32. The topological polar surface area (TPSA) is 56.8 Å². The smallest absolute Gasteiger partial charge is 0.246 e. The van der Waals surface area contributed by atoms with Crippen molar-refractivity contribution in [3.63, 3.8) is 0 Å². The predicted octanol–water partition coefficient (Wildman–Crippen LogP) is 2.54. The minimum absolute atomic E-state index is 0.0510. The lowest BCUT2D eigenvalue weighted by molar-refractivity contribution is -0.124. The van der Waals surface area contributed by atoms with E-state index in [2.05, 4.69) is 5.32 Å². The molecule has 5 nitrogen and oxygen atoms in total. The van der Waals surface area contributed by atoms with E-state index >= 15 is 0 Å². The minimum atomic E-state index is -0.157. The van der Waals surface area contributed by atoms with Crippen LogP contribution in [0.4, 0.5) is 0 Å². The number of methoxy groups -OCH3 is 2. The summed E-state index contributed by atoms with van der Waals surface area (Å²) in [4.78, 5) is 11.4. The molecule has 0 spiro atoms. The van der Waals surface area contributed by atoms with Crippen molar-refractivity contribution in [2.24, 2.45) is 0 Å². The molecule has 0 fully saturated rings. The quantitative estimate of drug-likeness (QED) is 0.813. The van der Waals surface area contributed by atoms with Crippen LogP contribution >= 0.6 is 0 Å². The van der Waals surface area contributed by atoms with Crippen LogP contribution in [0.2, 0.25) is 0 Å². The fourth-order valence-electron chi connectivity index (χ4n) is 2.06. The Balaban J connectivity index is 1.97. The molecule has 0 aliphatic heterocycles. The Kier molecular flexibility index (Phi) is 6.44. The summed E-state index contributed by atoms with van der Waals surface area (Å²) in [5.74, 6) is 1.15. The molecule has 0 unspecified atom stereocenters. The summed E-state index contributed by atoms with van der Waals surface area (Å²) in [5, 5.41) is 2.77. The van der Waals surface area contributed by atoms with Gasteiger partial charge in [-0.3, -0.25) is 4.79 Å². The Morgan fingerprint density at radius 1 is 1.00 bits per heavy atom. The van der Waals surface area contributed by atoms with E-state index in [4.69, 9.17) is 14.2 Å². The molecule has 0 heterocycles. The average Bonchev–Trinajstić information content (AvgIpc) is 2.59. The first-order valence-electron chi connectivity index (χ1n) is 7.32. The molecule has 2 aromatic carbocycles. The van der Waals surface area contributed by atoms with Gasteiger partial charge in [0.1, 0.15) is 13.2 Å². The molecule has 23 heavy (non-hydrogen) atoms. The molecule has 0 saturated carbocycles. The van der Waals surface area contributed by atoms with Crippen molar-refractivity contribution in [2.75, 3.05) is 20.8 Å². The summed E-state index contributed by atoms with van der Waals surface area (Å²) in [6.45, 7) is 0.939. The average molecular weight is 315 g/mol. The number of ether oxygens (including phenoxy) is 3. The van der Waals surface area contributed by atoms with Gasteiger partial charge in [0.15, 0.2) is 11.5 Å². The SMILES string of the molecule is COCC(=O)NCc1ccc(OCc2ccccc2)c(OC)c1. The zero-order valence-corrected chi connectivity index (χ0v) is 13.4. The van der Waals surface area contributed by atoms with Crippen LogP contribution < -0.4 is 14.8 Å². The summed E-state index contributed by atoms with van der Waals surface area (Å²) in [6, 6.07) is 15.5. The summed E-state index contributed by atoms with van der Waals surface area (Å²) < 4.78 is 15.9. The Morgan fingerprint density at radius 3 is 2.48 bits per heavy atom. The van der Waals surface area contributed by atoms with Gasteiger partial charge in [0.25, 0.3) is 0 Å². The van der Waals surface area contributed by atoms with Gasteiger partial charge in [0.2, 0.25) is 5.91 Å². The van der Waals surface area contributed by atoms with E-state index in [0.29, 0.717) is 24.7 Å². The number of hydrogen-bond acceptors (Lipinski definition) is 4. The van der Waals surface area contributed by atoms with Crippen molar-refractivity contribution in [1.82, 2.24) is 5.32 Å². The van der Waals surface area contributed by atoms with E-state index in [1.54, 1.807) is 7.11 Å². The van der Waals surface area contributed by atoms with E-state index in [-0.39, 0.29) is 12.5 Å². The van der Waals surface area contributed by atoms with Crippen LogP contribution in [0.25, 0.3) is 0 Å². The number of nitrogens with one attached hydrogen (secondary N) is 1. The van der Waals surface area contributed by atoms with Gasteiger partial charge in [-0.1, -0.05) is 36.4 Å². The van der Waals surface area contributed by atoms with E-state index in [0.717, 1.165) is 11.1 Å². The molecule has 1 amide bonds. The van der Waals surface area contributed by atoms with Crippen LogP contribution in [0, 0.1) is 0 Å². The largest absolute Gasteiger partial charge is 0.493 e. The molecule has 0 aliphatic carbocycles. The molecule has 0 bridgehead atoms. The van der Waals surface area contributed by atoms with Crippen LogP contribution in [0.5, 0.6) is 11.5 Å². The molecule has 0 radical (unpaired) electrons. The van der Waals surface area contributed by atoms with Crippen LogP contribution in [0.15, 0.2) is 48.5 Å². The van der Waals surface area contributed by atoms with Crippen molar-refractivity contribution >= 4 is 5.91 Å². The second kappa shape index (κ2) is 8.80. The highest BCUT2D eigenvalue weighted by molar-refractivity contribution is 5.77. The number of hydrogen-bond donors (Lipinski definition) is 1. The normalized spacial score (nSPS) is 10.2. The van der Waals surface area contributed by atoms with E-state index in [1.807, 2.05) is 48.5 Å². The number of benzene rings is 2. The van der Waals surface area contributed by atoms with Crippen molar-refractivity contribution < 1.29 is 19.0 Å². The molecule has 2 aromatic rings. The third-order valence-corrected chi connectivity index (χ3v) is 3.23. The summed E-state index contributed by atoms with van der Waals surface area (Å²) in [6.07, 6.45) is 0. The maximum absolute atomic E-state index is 11.4. The van der Waals surface area contributed by atoms with Gasteiger partial charge >= 0.3 is 0 Å². The first kappa shape index (κ1) is 16.8. The lowest BCUT2D eigenvalue weighted by Crippen LogP contribution is -2.26. The predicted molar refractivity (Wildman–Crippen MR) is 87.5 cm³/mol. The van der Waals surface area contributed by atoms with Gasteiger partial charge in [-0.15, -0.1) is 0 Å². The highest BCUT2D eigenvalue weighted by atomic mass is 16.5. The highest BCUT2D eigenvalue weighted by Crippen LogP contribution is 2.28. The van der Waals surface area contributed by atoms with Crippen LogP contribution in [-0.4, -0.2) is 26.7 Å². The zero-order chi connectivity index (χ0) is 16.5. The van der Waals surface area contributed by atoms with Crippen molar-refractivity contribution in [1.29, 1.82) is 0 Å². The standard InChI is InChI=1S/C18H21NO4/c1-21-13-18(20)19-11-15-8-9-16(17(10-15)22-2)23-12-14-6-4-3-5-7-14/h3-10H,11-13H2,1-2H3,(H,19,20). The lowest BCUT2D eigenvalue weighted by atomic mass is 10.2. The summed E-state index contributed by atoms with van der Waals surface area (Å²) in [7, 11) is 3.08. The Bertz CT molecular complexity index is 628. The van der Waals surface area contributed by atoms with E-state index in [9.17, 15) is 4.79 Å². The maximum Gasteiger partial charge on any atom is 0.246 e. The molecule has 5 heteroatoms. The molecule has 0 atom stereocenters. The van der Waals surface area contributed by atoms with Gasteiger partial charge in [-0.2, -0.15) is 0 Å². The fraction of sp³-hybridized carbons (Fsp3) is 0.278. The van der Waals surface area contributed by atoms with E-state index in [1.165, 1.54) is 7.11 Å². The van der Waals surface area contributed by atoms with Gasteiger partial charge in [0.05, 0.1) is 7.11 Å². The Labute approximate surface area is 136 Å². The van der Waals surface area contributed by atoms with Gasteiger partial charge < -0.3 is 19.5 Å². The second-order valence-corrected chi connectivity index (χ2v) is 4.97. The number of carbonyl (C=O) groups excluding carboxylic acids is 1. The van der Waals surface area contributed by atoms with Crippen molar-refractivity contribution in [2.45, 2.75) is 13.2 Å². The Morgan fingerprint density at radius 2 is 1.78 bits per heavy atom. The molecular formula is C18H21NO4. The summed E-state index contributed by atoms with van der Waals surface area (Å²) in [5.41, 5.74) is 2.02. The van der Waals surface area contributed by atoms with E-state index < -0.39 is 0 Å². The van der Waals surface area contributed by atoms with Crippen molar-refractivity contribution in [3.05, 3.63) is 59.7 Å². The lowest BCUT2D eigenvalue weighted by Gasteiger charge is -2.13. The third kappa shape index (κ3) is 5.30. The molecule has 0 saturated heterocycles. The zero-order valence-electron chi connectivity index (χ0n) is 13.4. The van der Waals surface area contributed by atoms with Gasteiger partial charge in [-0.25, -0.2) is 0 Å². The van der Waals surface area contributed by atoms with Gasteiger partial charge in [0, 0.05) is 13.7 Å². The molecule has 1 N–H and O–H groups in total. The number of carbonyl (C=O) groups is 1. The summed E-state index contributed by atoms with van der Waals surface area (Å²) >= 11 is 0. The van der Waals surface area contributed by atoms with Crippen molar-refractivity contribution in [3.8, 4) is 11.5 Å². The Hall–Kier alpha value is -2.53. The molecule has 0 aliphatic rings. The molecule has 0 aromatic heterocycles. The second-order valence-electron chi connectivity index (χ2n) is 4.97. The first-order chi connectivity index (χ1) is 11.2. The van der Waals surface area contributed by atoms with Crippen LogP contribution in [0.1, 0.15) is 11.1 Å². The highest BCUT2D eigenvalue weighted by Gasteiger charge is 2.07. The number of amides is 1. The van der Waals surface area contributed by atoms with Crippen LogP contribution in [-0.2, 0) is 22.7 Å². The number of rotatable bonds is 8. The monoisotopic (exact) mass is 315 g/mol. The maximum atomic E-state index is 11.4. The van der Waals surface area contributed by atoms with Gasteiger partial charge in [-0.05, 0) is 23.3 Å². The molecule has 122 valence electrons.